The highest BCUT2D eigenvalue weighted by atomic mass is 79.9. The molecule has 0 aliphatic rings. The van der Waals surface area contributed by atoms with Crippen LogP contribution in [0.4, 0.5) is 0 Å². The van der Waals surface area contributed by atoms with Crippen LogP contribution in [0.3, 0.4) is 0 Å². The van der Waals surface area contributed by atoms with Crippen molar-refractivity contribution in [1.29, 1.82) is 0 Å². The van der Waals surface area contributed by atoms with Gasteiger partial charge in [0.15, 0.2) is 0 Å². The quantitative estimate of drug-likeness (QED) is 0.671. The van der Waals surface area contributed by atoms with Crippen molar-refractivity contribution in [3.63, 3.8) is 0 Å². The van der Waals surface area contributed by atoms with E-state index in [0.717, 1.165) is 6.42 Å². The Bertz CT molecular complexity index is 240. The molecule has 2 heteroatoms. The minimum atomic E-state index is 0.549. The fourth-order valence-electron chi connectivity index (χ4n) is 1.18. The third kappa shape index (κ3) is 2.06. The lowest BCUT2D eigenvalue weighted by atomic mass is 10.1. The molecule has 0 spiro atoms. The average molecular weight is 233 g/mol. The Morgan fingerprint density at radius 1 is 1.55 bits per heavy atom. The SMILES string of the molecule is CCC(Br)c1cc(C)sc1C. The summed E-state index contributed by atoms with van der Waals surface area (Å²) in [6.45, 7) is 6.55. The first-order chi connectivity index (χ1) is 5.15. The summed E-state index contributed by atoms with van der Waals surface area (Å²) < 4.78 is 0. The zero-order valence-electron chi connectivity index (χ0n) is 7.15. The number of aryl methyl sites for hydroxylation is 2. The molecule has 0 bridgehead atoms. The fraction of sp³-hybridized carbons (Fsp3) is 0.556. The molecular formula is C9H13BrS. The van der Waals surface area contributed by atoms with E-state index in [1.807, 2.05) is 11.3 Å². The van der Waals surface area contributed by atoms with E-state index < -0.39 is 0 Å². The summed E-state index contributed by atoms with van der Waals surface area (Å²) in [4.78, 5) is 3.41. The van der Waals surface area contributed by atoms with Crippen LogP contribution in [0.5, 0.6) is 0 Å². The van der Waals surface area contributed by atoms with Gasteiger partial charge in [0.2, 0.25) is 0 Å². The molecule has 0 fully saturated rings. The molecule has 1 unspecified atom stereocenters. The van der Waals surface area contributed by atoms with E-state index in [-0.39, 0.29) is 0 Å². The van der Waals surface area contributed by atoms with E-state index in [1.54, 1.807) is 0 Å². The Labute approximate surface area is 80.8 Å². The van der Waals surface area contributed by atoms with Crippen molar-refractivity contribution in [1.82, 2.24) is 0 Å². The maximum absolute atomic E-state index is 3.66. The van der Waals surface area contributed by atoms with E-state index in [2.05, 4.69) is 42.8 Å². The topological polar surface area (TPSA) is 0 Å². The second-order valence-corrected chi connectivity index (χ2v) is 5.31. The lowest BCUT2D eigenvalue weighted by molar-refractivity contribution is 0.909. The molecule has 0 saturated carbocycles. The summed E-state index contributed by atoms with van der Waals surface area (Å²) in [5.74, 6) is 0. The van der Waals surface area contributed by atoms with Crippen LogP contribution < -0.4 is 0 Å². The van der Waals surface area contributed by atoms with E-state index in [4.69, 9.17) is 0 Å². The normalized spacial score (nSPS) is 13.5. The summed E-state index contributed by atoms with van der Waals surface area (Å²) in [6, 6.07) is 2.28. The highest BCUT2D eigenvalue weighted by molar-refractivity contribution is 9.09. The van der Waals surface area contributed by atoms with Crippen LogP contribution in [0, 0.1) is 13.8 Å². The van der Waals surface area contributed by atoms with Gasteiger partial charge in [-0.1, -0.05) is 22.9 Å². The third-order valence-electron chi connectivity index (χ3n) is 1.78. The van der Waals surface area contributed by atoms with Crippen molar-refractivity contribution >= 4 is 27.3 Å². The summed E-state index contributed by atoms with van der Waals surface area (Å²) in [5.41, 5.74) is 1.47. The van der Waals surface area contributed by atoms with E-state index in [1.165, 1.54) is 15.3 Å². The summed E-state index contributed by atoms with van der Waals surface area (Å²) >= 11 is 5.54. The number of halogens is 1. The van der Waals surface area contributed by atoms with Gasteiger partial charge in [0.25, 0.3) is 0 Å². The molecule has 0 aliphatic carbocycles. The Morgan fingerprint density at radius 3 is 2.55 bits per heavy atom. The standard InChI is InChI=1S/C9H13BrS/c1-4-9(10)8-5-6(2)11-7(8)3/h5,9H,4H2,1-3H3. The van der Waals surface area contributed by atoms with Gasteiger partial charge in [0.05, 0.1) is 0 Å². The first kappa shape index (κ1) is 9.27. The Kier molecular flexibility index (Phi) is 3.14. The molecule has 1 atom stereocenters. The maximum Gasteiger partial charge on any atom is 0.0403 e. The molecule has 1 aromatic rings. The van der Waals surface area contributed by atoms with Crippen LogP contribution in [0.15, 0.2) is 6.07 Å². The van der Waals surface area contributed by atoms with Crippen molar-refractivity contribution in [2.75, 3.05) is 0 Å². The summed E-state index contributed by atoms with van der Waals surface area (Å²) in [7, 11) is 0. The molecule has 11 heavy (non-hydrogen) atoms. The smallest absolute Gasteiger partial charge is 0.0403 e. The molecule has 0 saturated heterocycles. The second kappa shape index (κ2) is 3.72. The fourth-order valence-corrected chi connectivity index (χ4v) is 2.80. The number of rotatable bonds is 2. The van der Waals surface area contributed by atoms with Crippen LogP contribution >= 0.6 is 27.3 Å². The van der Waals surface area contributed by atoms with Gasteiger partial charge in [0, 0.05) is 14.6 Å². The highest BCUT2D eigenvalue weighted by Crippen LogP contribution is 2.33. The lowest BCUT2D eigenvalue weighted by Gasteiger charge is -2.04. The zero-order valence-corrected chi connectivity index (χ0v) is 9.55. The van der Waals surface area contributed by atoms with Gasteiger partial charge in [-0.15, -0.1) is 11.3 Å². The maximum atomic E-state index is 3.66. The molecule has 1 aromatic heterocycles. The molecule has 1 rings (SSSR count). The van der Waals surface area contributed by atoms with Crippen LogP contribution in [0.25, 0.3) is 0 Å². The summed E-state index contributed by atoms with van der Waals surface area (Å²) in [5, 5.41) is 0. The Hall–Kier alpha value is 0.180. The monoisotopic (exact) mass is 232 g/mol. The van der Waals surface area contributed by atoms with Gasteiger partial charge in [0.1, 0.15) is 0 Å². The molecule has 0 radical (unpaired) electrons. The predicted octanol–water partition coefficient (Wildman–Crippen LogP) is 4.21. The van der Waals surface area contributed by atoms with E-state index in [0.29, 0.717) is 4.83 Å². The number of hydrogen-bond donors (Lipinski definition) is 0. The average Bonchev–Trinajstić information content (AvgIpc) is 2.28. The predicted molar refractivity (Wildman–Crippen MR) is 55.8 cm³/mol. The van der Waals surface area contributed by atoms with Crippen LogP contribution in [-0.2, 0) is 0 Å². The van der Waals surface area contributed by atoms with E-state index >= 15 is 0 Å². The third-order valence-corrected chi connectivity index (χ3v) is 3.90. The molecule has 0 amide bonds. The molecule has 0 aromatic carbocycles. The number of hydrogen-bond acceptors (Lipinski definition) is 1. The van der Waals surface area contributed by atoms with Gasteiger partial charge >= 0.3 is 0 Å². The number of thiophene rings is 1. The molecule has 1 heterocycles. The largest absolute Gasteiger partial charge is 0.146 e. The Balaban J connectivity index is 2.93. The van der Waals surface area contributed by atoms with Crippen LogP contribution in [-0.4, -0.2) is 0 Å². The van der Waals surface area contributed by atoms with Crippen LogP contribution in [0.1, 0.15) is 33.5 Å². The minimum absolute atomic E-state index is 0.549. The van der Waals surface area contributed by atoms with Crippen molar-refractivity contribution in [3.8, 4) is 0 Å². The first-order valence-electron chi connectivity index (χ1n) is 3.86. The number of alkyl halides is 1. The van der Waals surface area contributed by atoms with Crippen molar-refractivity contribution in [2.45, 2.75) is 32.0 Å². The summed E-state index contributed by atoms with van der Waals surface area (Å²) in [6.07, 6.45) is 1.16. The van der Waals surface area contributed by atoms with Crippen molar-refractivity contribution in [3.05, 3.63) is 21.4 Å². The van der Waals surface area contributed by atoms with Gasteiger partial charge in [-0.2, -0.15) is 0 Å². The first-order valence-corrected chi connectivity index (χ1v) is 5.59. The minimum Gasteiger partial charge on any atom is -0.146 e. The molecule has 0 nitrogen and oxygen atoms in total. The highest BCUT2D eigenvalue weighted by Gasteiger charge is 2.09. The van der Waals surface area contributed by atoms with Crippen molar-refractivity contribution < 1.29 is 0 Å². The van der Waals surface area contributed by atoms with E-state index in [9.17, 15) is 0 Å². The molecule has 62 valence electrons. The Morgan fingerprint density at radius 2 is 2.18 bits per heavy atom. The van der Waals surface area contributed by atoms with Crippen molar-refractivity contribution in [2.24, 2.45) is 0 Å². The molecule has 0 aliphatic heterocycles. The van der Waals surface area contributed by atoms with Gasteiger partial charge in [-0.05, 0) is 31.9 Å². The van der Waals surface area contributed by atoms with Gasteiger partial charge in [-0.3, -0.25) is 0 Å². The van der Waals surface area contributed by atoms with Crippen LogP contribution in [0.2, 0.25) is 0 Å². The lowest BCUT2D eigenvalue weighted by Crippen LogP contribution is -1.85. The molecular weight excluding hydrogens is 220 g/mol. The van der Waals surface area contributed by atoms with Gasteiger partial charge in [-0.25, -0.2) is 0 Å². The zero-order chi connectivity index (χ0) is 8.43. The van der Waals surface area contributed by atoms with Gasteiger partial charge < -0.3 is 0 Å². The second-order valence-electron chi connectivity index (χ2n) is 2.74. The molecule has 0 N–H and O–H groups in total.